The van der Waals surface area contributed by atoms with Crippen LogP contribution in [-0.2, 0) is 14.0 Å². The number of aromatic nitrogens is 3. The molecule has 10 nitrogen and oxygen atoms in total. The van der Waals surface area contributed by atoms with Gasteiger partial charge in [-0.05, 0) is 59.5 Å². The highest BCUT2D eigenvalue weighted by Gasteiger charge is 2.41. The molecule has 1 spiro atoms. The number of nitrogens with zero attached hydrogens (tertiary/aromatic N) is 2. The van der Waals surface area contributed by atoms with Crippen molar-refractivity contribution in [1.82, 2.24) is 14.8 Å². The summed E-state index contributed by atoms with van der Waals surface area (Å²) in [6.45, 7) is 4.83. The van der Waals surface area contributed by atoms with Gasteiger partial charge in [-0.3, -0.25) is 19.5 Å². The van der Waals surface area contributed by atoms with E-state index in [0.29, 0.717) is 47.8 Å². The molecular formula is C22H24N3O7PS. The molecule has 1 fully saturated rings. The minimum atomic E-state index is -4.81. The second-order valence-electron chi connectivity index (χ2n) is 8.69. The summed E-state index contributed by atoms with van der Waals surface area (Å²) < 4.78 is 29.9. The Labute approximate surface area is 200 Å². The maximum atomic E-state index is 11.4. The van der Waals surface area contributed by atoms with Crippen molar-refractivity contribution in [2.24, 2.45) is 0 Å². The van der Waals surface area contributed by atoms with E-state index in [4.69, 9.17) is 26.2 Å². The molecule has 12 heteroatoms. The van der Waals surface area contributed by atoms with Crippen molar-refractivity contribution in [3.63, 3.8) is 0 Å². The van der Waals surface area contributed by atoms with Crippen LogP contribution in [-0.4, -0.2) is 48.7 Å². The highest BCUT2D eigenvalue weighted by atomic mass is 32.1. The third kappa shape index (κ3) is 4.19. The van der Waals surface area contributed by atoms with E-state index < -0.39 is 13.6 Å². The Morgan fingerprint density at radius 1 is 1.26 bits per heavy atom. The smallest absolute Gasteiger partial charge is 0.507 e. The minimum absolute atomic E-state index is 0.0909. The monoisotopic (exact) mass is 505 g/mol. The van der Waals surface area contributed by atoms with Crippen molar-refractivity contribution < 1.29 is 33.5 Å². The number of allylic oxidation sites excluding steroid dienone is 4. The van der Waals surface area contributed by atoms with Gasteiger partial charge in [0, 0.05) is 18.2 Å². The average molecular weight is 505 g/mol. The Morgan fingerprint density at radius 2 is 2.00 bits per heavy atom. The number of aromatic hydroxyl groups is 1. The number of phosphoric ester groups is 1. The predicted molar refractivity (Wildman–Crippen MR) is 126 cm³/mol. The average Bonchev–Trinajstić information content (AvgIpc) is 3.44. The summed E-state index contributed by atoms with van der Waals surface area (Å²) in [7, 11) is -4.81. The SMILES string of the molecule is CC(C)c1cc(-c2n[nH]c(=S)n2C2=CCC3=CC4(CC3=C2)OCCO4)c(O)cc1OP(=O)(O)O. The number of aromatic amines is 1. The number of fused-ring (bicyclic) bond motifs is 1. The van der Waals surface area contributed by atoms with Crippen LogP contribution in [0.1, 0.15) is 38.2 Å². The van der Waals surface area contributed by atoms with Crippen LogP contribution in [0.5, 0.6) is 11.5 Å². The van der Waals surface area contributed by atoms with E-state index in [-0.39, 0.29) is 17.4 Å². The van der Waals surface area contributed by atoms with Gasteiger partial charge in [0.2, 0.25) is 0 Å². The maximum absolute atomic E-state index is 11.4. The molecule has 1 saturated heterocycles. The first-order valence-electron chi connectivity index (χ1n) is 10.8. The topological polar surface area (TPSA) is 139 Å². The molecule has 180 valence electrons. The van der Waals surface area contributed by atoms with Crippen LogP contribution in [0.3, 0.4) is 0 Å². The predicted octanol–water partition coefficient (Wildman–Crippen LogP) is 4.15. The molecular weight excluding hydrogens is 481 g/mol. The third-order valence-corrected chi connectivity index (χ3v) is 6.72. The first-order chi connectivity index (χ1) is 16.1. The second-order valence-corrected chi connectivity index (χ2v) is 10.2. The van der Waals surface area contributed by atoms with E-state index in [1.54, 1.807) is 10.6 Å². The summed E-state index contributed by atoms with van der Waals surface area (Å²) in [6.07, 6.45) is 7.34. The number of phenols is 1. The highest BCUT2D eigenvalue weighted by Crippen LogP contribution is 2.46. The van der Waals surface area contributed by atoms with Gasteiger partial charge in [-0.25, -0.2) is 4.57 Å². The van der Waals surface area contributed by atoms with Crippen molar-refractivity contribution in [3.8, 4) is 22.9 Å². The highest BCUT2D eigenvalue weighted by molar-refractivity contribution is 7.71. The lowest BCUT2D eigenvalue weighted by atomic mass is 9.97. The van der Waals surface area contributed by atoms with Crippen molar-refractivity contribution >= 4 is 25.7 Å². The molecule has 1 aliphatic heterocycles. The number of hydrogen-bond donors (Lipinski definition) is 4. The number of ether oxygens (including phenoxy) is 2. The van der Waals surface area contributed by atoms with Gasteiger partial charge < -0.3 is 19.1 Å². The summed E-state index contributed by atoms with van der Waals surface area (Å²) in [5.74, 6) is -0.818. The van der Waals surface area contributed by atoms with Gasteiger partial charge in [0.25, 0.3) is 0 Å². The number of rotatable bonds is 5. The molecule has 5 rings (SSSR count). The summed E-state index contributed by atoms with van der Waals surface area (Å²) in [5.41, 5.74) is 3.88. The first-order valence-corrected chi connectivity index (χ1v) is 12.7. The van der Waals surface area contributed by atoms with Gasteiger partial charge in [0.15, 0.2) is 16.4 Å². The van der Waals surface area contributed by atoms with Crippen molar-refractivity contribution in [1.29, 1.82) is 0 Å². The zero-order valence-electron chi connectivity index (χ0n) is 18.5. The lowest BCUT2D eigenvalue weighted by Crippen LogP contribution is -2.24. The van der Waals surface area contributed by atoms with Crippen LogP contribution in [0.15, 0.2) is 41.5 Å². The lowest BCUT2D eigenvalue weighted by Gasteiger charge is -2.19. The van der Waals surface area contributed by atoms with Crippen LogP contribution in [0.25, 0.3) is 17.1 Å². The molecule has 0 bridgehead atoms. The Kier molecular flexibility index (Phi) is 5.67. The van der Waals surface area contributed by atoms with Gasteiger partial charge in [-0.1, -0.05) is 19.9 Å². The zero-order chi connectivity index (χ0) is 24.3. The van der Waals surface area contributed by atoms with Gasteiger partial charge in [-0.2, -0.15) is 5.10 Å². The third-order valence-electron chi connectivity index (χ3n) is 6.01. The van der Waals surface area contributed by atoms with Crippen LogP contribution in [0.4, 0.5) is 0 Å². The fourth-order valence-electron chi connectivity index (χ4n) is 4.53. The number of benzene rings is 1. The quantitative estimate of drug-likeness (QED) is 0.349. The Hall–Kier alpha value is -2.53. The molecule has 1 aromatic heterocycles. The molecule has 0 radical (unpaired) electrons. The largest absolute Gasteiger partial charge is 0.524 e. The standard InChI is InChI=1S/C22H24N3O7PS/c1-12(2)16-8-17(18(26)9-19(16)32-33(27,28)29)20-23-24-21(34)25(20)15-4-3-13-10-22(11-14(13)7-15)30-5-6-31-22/h4,7-10,12,26H,3,5-6,11H2,1-2H3,(H,24,34)(H2,27,28,29). The summed E-state index contributed by atoms with van der Waals surface area (Å²) >= 11 is 5.50. The number of hydrogen-bond acceptors (Lipinski definition) is 7. The molecule has 0 unspecified atom stereocenters. The van der Waals surface area contributed by atoms with E-state index in [0.717, 1.165) is 16.8 Å². The van der Waals surface area contributed by atoms with Crippen LogP contribution in [0, 0.1) is 4.77 Å². The van der Waals surface area contributed by atoms with Gasteiger partial charge in [0.05, 0.1) is 18.8 Å². The first kappa shape index (κ1) is 23.2. The van der Waals surface area contributed by atoms with Crippen LogP contribution in [0.2, 0.25) is 0 Å². The van der Waals surface area contributed by atoms with Crippen LogP contribution < -0.4 is 4.52 Å². The molecule has 0 amide bonds. The van der Waals surface area contributed by atoms with E-state index in [1.165, 1.54) is 6.07 Å². The number of H-pyrrole nitrogens is 1. The maximum Gasteiger partial charge on any atom is 0.524 e. The van der Waals surface area contributed by atoms with E-state index in [9.17, 15) is 19.5 Å². The summed E-state index contributed by atoms with van der Waals surface area (Å²) in [4.78, 5) is 18.5. The normalized spacial score (nSPS) is 19.3. The molecule has 2 heterocycles. The second kappa shape index (κ2) is 8.30. The van der Waals surface area contributed by atoms with Crippen molar-refractivity contribution in [2.75, 3.05) is 13.2 Å². The molecule has 1 aromatic carbocycles. The van der Waals surface area contributed by atoms with Crippen LogP contribution >= 0.6 is 20.0 Å². The summed E-state index contributed by atoms with van der Waals surface area (Å²) in [5, 5.41) is 17.9. The Bertz CT molecular complexity index is 1360. The van der Waals surface area contributed by atoms with Crippen molar-refractivity contribution in [3.05, 3.63) is 51.8 Å². The molecule has 0 saturated carbocycles. The van der Waals surface area contributed by atoms with Gasteiger partial charge >= 0.3 is 7.82 Å². The van der Waals surface area contributed by atoms with Crippen molar-refractivity contribution in [2.45, 2.75) is 38.4 Å². The minimum Gasteiger partial charge on any atom is -0.507 e. The van der Waals surface area contributed by atoms with Gasteiger partial charge in [0.1, 0.15) is 11.5 Å². The Balaban J connectivity index is 1.56. The molecule has 0 atom stereocenters. The van der Waals surface area contributed by atoms with E-state index in [2.05, 4.69) is 10.2 Å². The molecule has 2 aromatic rings. The molecule has 3 aliphatic rings. The fourth-order valence-corrected chi connectivity index (χ4v) is 5.18. The number of phenolic OH excluding ortho intramolecular Hbond substituents is 1. The number of nitrogens with one attached hydrogen (secondary N) is 1. The summed E-state index contributed by atoms with van der Waals surface area (Å²) in [6, 6.07) is 2.80. The Morgan fingerprint density at radius 3 is 2.68 bits per heavy atom. The lowest BCUT2D eigenvalue weighted by molar-refractivity contribution is -0.110. The molecule has 34 heavy (non-hydrogen) atoms. The molecule has 2 aliphatic carbocycles. The van der Waals surface area contributed by atoms with Gasteiger partial charge in [-0.15, -0.1) is 0 Å². The molecule has 4 N–H and O–H groups in total. The zero-order valence-corrected chi connectivity index (χ0v) is 20.2. The number of phosphoric acid groups is 1. The van der Waals surface area contributed by atoms with E-state index in [1.807, 2.05) is 32.1 Å². The fraction of sp³-hybridized carbons (Fsp3) is 0.364. The van der Waals surface area contributed by atoms with E-state index >= 15 is 0 Å².